The van der Waals surface area contributed by atoms with Crippen molar-refractivity contribution in [3.05, 3.63) is 42.1 Å². The van der Waals surface area contributed by atoms with Crippen LogP contribution in [-0.4, -0.2) is 74.9 Å². The Kier molecular flexibility index (Phi) is 6.17. The average Bonchev–Trinajstić information content (AvgIpc) is 3.09. The number of carboxylic acid groups (broad SMARTS) is 2. The SMILES string of the molecule is CC(=O)N1CCN(C(C(=O)O)c2c[nH]c3cc(NC(=O)/C=C/C(=O)O)ccc23)CC1. The molecule has 1 aliphatic rings. The zero-order chi connectivity index (χ0) is 21.8. The molecule has 1 atom stereocenters. The molecule has 30 heavy (non-hydrogen) atoms. The van der Waals surface area contributed by atoms with Crippen molar-refractivity contribution in [2.45, 2.75) is 13.0 Å². The number of H-pyrrole nitrogens is 1. The minimum Gasteiger partial charge on any atom is -0.480 e. The lowest BCUT2D eigenvalue weighted by Crippen LogP contribution is -2.50. The van der Waals surface area contributed by atoms with Crippen molar-refractivity contribution in [1.82, 2.24) is 14.8 Å². The molecule has 0 spiro atoms. The molecular formula is C20H22N4O6. The molecule has 10 heteroatoms. The number of piperazine rings is 1. The molecule has 2 heterocycles. The van der Waals surface area contributed by atoms with E-state index >= 15 is 0 Å². The first-order chi connectivity index (χ1) is 14.3. The van der Waals surface area contributed by atoms with Crippen molar-refractivity contribution in [3.63, 3.8) is 0 Å². The van der Waals surface area contributed by atoms with Crippen LogP contribution in [0.4, 0.5) is 5.69 Å². The number of aromatic amines is 1. The molecule has 2 amide bonds. The molecule has 10 nitrogen and oxygen atoms in total. The van der Waals surface area contributed by atoms with Gasteiger partial charge in [0.2, 0.25) is 11.8 Å². The van der Waals surface area contributed by atoms with E-state index < -0.39 is 23.9 Å². The second-order valence-electron chi connectivity index (χ2n) is 6.95. The predicted octanol–water partition coefficient (Wildman–Crippen LogP) is 1.04. The Morgan fingerprint density at radius 1 is 1.10 bits per heavy atom. The van der Waals surface area contributed by atoms with Crippen LogP contribution in [0.25, 0.3) is 10.9 Å². The molecule has 1 saturated heterocycles. The van der Waals surface area contributed by atoms with E-state index in [-0.39, 0.29) is 5.91 Å². The van der Waals surface area contributed by atoms with E-state index in [0.29, 0.717) is 48.3 Å². The summed E-state index contributed by atoms with van der Waals surface area (Å²) in [5, 5.41) is 21.7. The van der Waals surface area contributed by atoms with Gasteiger partial charge in [-0.2, -0.15) is 0 Å². The van der Waals surface area contributed by atoms with Gasteiger partial charge in [0, 0.05) is 73.6 Å². The van der Waals surface area contributed by atoms with Gasteiger partial charge in [-0.05, 0) is 12.1 Å². The van der Waals surface area contributed by atoms with Crippen molar-refractivity contribution in [2.75, 3.05) is 31.5 Å². The van der Waals surface area contributed by atoms with Gasteiger partial charge in [-0.25, -0.2) is 4.79 Å². The van der Waals surface area contributed by atoms with Crippen LogP contribution in [0, 0.1) is 0 Å². The number of anilines is 1. The summed E-state index contributed by atoms with van der Waals surface area (Å²) in [6, 6.07) is 4.11. The molecule has 1 aromatic heterocycles. The quantitative estimate of drug-likeness (QED) is 0.517. The van der Waals surface area contributed by atoms with Crippen LogP contribution in [0.15, 0.2) is 36.5 Å². The van der Waals surface area contributed by atoms with Crippen LogP contribution < -0.4 is 5.32 Å². The molecule has 0 aliphatic carbocycles. The Bertz CT molecular complexity index is 1020. The number of benzene rings is 1. The highest BCUT2D eigenvalue weighted by Gasteiger charge is 2.32. The van der Waals surface area contributed by atoms with Crippen molar-refractivity contribution in [2.24, 2.45) is 0 Å². The molecule has 158 valence electrons. The summed E-state index contributed by atoms with van der Waals surface area (Å²) in [4.78, 5) is 52.4. The third-order valence-corrected chi connectivity index (χ3v) is 5.01. The maximum absolute atomic E-state index is 12.0. The van der Waals surface area contributed by atoms with Crippen LogP contribution in [0.3, 0.4) is 0 Å². The molecule has 0 bridgehead atoms. The number of nitrogens with one attached hydrogen (secondary N) is 2. The minimum absolute atomic E-state index is 0.0265. The second kappa shape index (κ2) is 8.78. The summed E-state index contributed by atoms with van der Waals surface area (Å²) in [6.07, 6.45) is 3.29. The Labute approximate surface area is 171 Å². The normalized spacial score (nSPS) is 16.0. The molecule has 1 unspecified atom stereocenters. The minimum atomic E-state index is -1.22. The molecule has 0 saturated carbocycles. The fraction of sp³-hybridized carbons (Fsp3) is 0.300. The number of carbonyl (C=O) groups excluding carboxylic acids is 2. The number of fused-ring (bicyclic) bond motifs is 1. The number of hydrogen-bond acceptors (Lipinski definition) is 5. The van der Waals surface area contributed by atoms with Crippen LogP contribution >= 0.6 is 0 Å². The van der Waals surface area contributed by atoms with Crippen molar-refractivity contribution < 1.29 is 29.4 Å². The first kappa shape index (κ1) is 21.1. The topological polar surface area (TPSA) is 143 Å². The van der Waals surface area contributed by atoms with E-state index in [9.17, 15) is 24.3 Å². The Hall–Kier alpha value is -3.66. The Morgan fingerprint density at radius 3 is 2.40 bits per heavy atom. The van der Waals surface area contributed by atoms with Crippen molar-refractivity contribution >= 4 is 40.3 Å². The molecule has 1 aliphatic heterocycles. The fourth-order valence-electron chi connectivity index (χ4n) is 3.56. The smallest absolute Gasteiger partial charge is 0.328 e. The van der Waals surface area contributed by atoms with Gasteiger partial charge in [0.1, 0.15) is 6.04 Å². The first-order valence-corrected chi connectivity index (χ1v) is 9.31. The lowest BCUT2D eigenvalue weighted by molar-refractivity contribution is -0.145. The van der Waals surface area contributed by atoms with Gasteiger partial charge >= 0.3 is 11.9 Å². The monoisotopic (exact) mass is 414 g/mol. The molecule has 3 rings (SSSR count). The predicted molar refractivity (Wildman–Crippen MR) is 108 cm³/mol. The average molecular weight is 414 g/mol. The maximum atomic E-state index is 12.0. The summed E-state index contributed by atoms with van der Waals surface area (Å²) in [6.45, 7) is 3.35. The number of hydrogen-bond donors (Lipinski definition) is 4. The zero-order valence-corrected chi connectivity index (χ0v) is 16.3. The van der Waals surface area contributed by atoms with Gasteiger partial charge in [-0.1, -0.05) is 6.07 Å². The molecule has 0 radical (unpaired) electrons. The second-order valence-corrected chi connectivity index (χ2v) is 6.95. The van der Waals surface area contributed by atoms with E-state index in [0.717, 1.165) is 12.2 Å². The van der Waals surface area contributed by atoms with Crippen LogP contribution in [-0.2, 0) is 19.2 Å². The molecular weight excluding hydrogens is 392 g/mol. The van der Waals surface area contributed by atoms with Gasteiger partial charge < -0.3 is 25.4 Å². The van der Waals surface area contributed by atoms with Gasteiger partial charge in [0.25, 0.3) is 0 Å². The number of nitrogens with zero attached hydrogens (tertiary/aromatic N) is 2. The number of amides is 2. The fourth-order valence-corrected chi connectivity index (χ4v) is 3.56. The lowest BCUT2D eigenvalue weighted by Gasteiger charge is -2.37. The summed E-state index contributed by atoms with van der Waals surface area (Å²) in [5.74, 6) is -2.82. The number of aromatic nitrogens is 1. The van der Waals surface area contributed by atoms with Crippen LogP contribution in [0.5, 0.6) is 0 Å². The highest BCUT2D eigenvalue weighted by Crippen LogP contribution is 2.31. The maximum Gasteiger partial charge on any atom is 0.328 e. The van der Waals surface area contributed by atoms with Gasteiger partial charge in [0.05, 0.1) is 0 Å². The Morgan fingerprint density at radius 2 is 1.80 bits per heavy atom. The Balaban J connectivity index is 1.81. The molecule has 1 fully saturated rings. The van der Waals surface area contributed by atoms with Gasteiger partial charge in [0.15, 0.2) is 0 Å². The van der Waals surface area contributed by atoms with Crippen molar-refractivity contribution in [3.8, 4) is 0 Å². The van der Waals surface area contributed by atoms with E-state index in [2.05, 4.69) is 10.3 Å². The summed E-state index contributed by atoms with van der Waals surface area (Å²) < 4.78 is 0. The van der Waals surface area contributed by atoms with E-state index in [1.165, 1.54) is 6.92 Å². The van der Waals surface area contributed by atoms with Gasteiger partial charge in [-0.3, -0.25) is 19.3 Å². The third kappa shape index (κ3) is 4.66. The molecule has 1 aromatic carbocycles. The summed E-state index contributed by atoms with van der Waals surface area (Å²) in [7, 11) is 0. The summed E-state index contributed by atoms with van der Waals surface area (Å²) in [5.41, 5.74) is 1.67. The van der Waals surface area contributed by atoms with Crippen LogP contribution in [0.1, 0.15) is 18.5 Å². The van der Waals surface area contributed by atoms with Gasteiger partial charge in [-0.15, -0.1) is 0 Å². The van der Waals surface area contributed by atoms with Crippen LogP contribution in [0.2, 0.25) is 0 Å². The number of rotatable bonds is 6. The molecule has 2 aromatic rings. The largest absolute Gasteiger partial charge is 0.480 e. The van der Waals surface area contributed by atoms with E-state index in [4.69, 9.17) is 5.11 Å². The third-order valence-electron chi connectivity index (χ3n) is 5.01. The summed E-state index contributed by atoms with van der Waals surface area (Å²) >= 11 is 0. The molecule has 4 N–H and O–H groups in total. The van der Waals surface area contributed by atoms with Crippen molar-refractivity contribution in [1.29, 1.82) is 0 Å². The first-order valence-electron chi connectivity index (χ1n) is 9.31. The highest BCUT2D eigenvalue weighted by atomic mass is 16.4. The van der Waals surface area contributed by atoms with E-state index in [1.807, 2.05) is 4.90 Å². The number of aliphatic carboxylic acids is 2. The number of carbonyl (C=O) groups is 4. The number of carboxylic acids is 2. The zero-order valence-electron chi connectivity index (χ0n) is 16.3. The lowest BCUT2D eigenvalue weighted by atomic mass is 10.0. The highest BCUT2D eigenvalue weighted by molar-refractivity contribution is 6.03. The standard InChI is InChI=1S/C20H22N4O6/c1-12(25)23-6-8-24(9-7-23)19(20(29)30)15-11-21-16-10-13(2-3-14(15)16)22-17(26)4-5-18(27)28/h2-5,10-11,19,21H,6-9H2,1H3,(H,22,26)(H,27,28)(H,29,30)/b5-4+. The van der Waals surface area contributed by atoms with E-state index in [1.54, 1.807) is 29.3 Å².